The number of benzene rings is 3. The van der Waals surface area contributed by atoms with Crippen molar-refractivity contribution in [1.82, 2.24) is 4.98 Å². The number of nitrogens with one attached hydrogen (secondary N) is 1. The molecule has 1 heterocycles. The number of ether oxygens (including phenoxy) is 1. The van der Waals surface area contributed by atoms with E-state index in [-0.39, 0.29) is 6.01 Å². The van der Waals surface area contributed by atoms with Gasteiger partial charge in [0, 0.05) is 5.69 Å². The summed E-state index contributed by atoms with van der Waals surface area (Å²) in [5.41, 5.74) is 0.911. The van der Waals surface area contributed by atoms with Gasteiger partial charge in [0.25, 0.3) is 0 Å². The highest BCUT2D eigenvalue weighted by molar-refractivity contribution is 5.77. The Kier molecular flexibility index (Phi) is 3.88. The summed E-state index contributed by atoms with van der Waals surface area (Å²) in [6.07, 6.45) is 0. The lowest BCUT2D eigenvalue weighted by molar-refractivity contribution is 0.482. The average Bonchev–Trinajstić information content (AvgIpc) is 2.64. The van der Waals surface area contributed by atoms with Crippen LogP contribution in [0.5, 0.6) is 11.5 Å². The van der Waals surface area contributed by atoms with E-state index in [9.17, 15) is 4.79 Å². The third kappa shape index (κ3) is 3.35. The molecule has 0 saturated heterocycles. The van der Waals surface area contributed by atoms with Crippen molar-refractivity contribution >= 4 is 22.6 Å². The molecule has 4 rings (SSSR count). The predicted molar refractivity (Wildman–Crippen MR) is 96.5 cm³/mol. The first-order chi connectivity index (χ1) is 12.3. The van der Waals surface area contributed by atoms with E-state index >= 15 is 0 Å². The molecule has 5 heteroatoms. The van der Waals surface area contributed by atoms with Crippen molar-refractivity contribution in [2.75, 3.05) is 5.32 Å². The lowest BCUT2D eigenvalue weighted by Gasteiger charge is -2.08. The second kappa shape index (κ2) is 6.49. The number of nitrogens with zero attached hydrogens (tertiary/aromatic N) is 1. The summed E-state index contributed by atoms with van der Waals surface area (Å²) in [4.78, 5) is 16.3. The van der Waals surface area contributed by atoms with E-state index in [0.717, 1.165) is 11.4 Å². The molecule has 0 amide bonds. The van der Waals surface area contributed by atoms with Crippen molar-refractivity contribution in [3.05, 3.63) is 89.3 Å². The molecule has 122 valence electrons. The van der Waals surface area contributed by atoms with Gasteiger partial charge in [0.1, 0.15) is 11.5 Å². The molecular formula is C20H14N2O3. The summed E-state index contributed by atoms with van der Waals surface area (Å²) in [5.74, 6) is 1.48. The van der Waals surface area contributed by atoms with E-state index in [1.54, 1.807) is 18.2 Å². The Hall–Kier alpha value is -3.60. The largest absolute Gasteiger partial charge is 0.457 e. The number of hydrogen-bond acceptors (Lipinski definition) is 5. The lowest BCUT2D eigenvalue weighted by atomic mass is 10.2. The summed E-state index contributed by atoms with van der Waals surface area (Å²) in [6.45, 7) is 0. The van der Waals surface area contributed by atoms with Crippen LogP contribution in [0.3, 0.4) is 0 Å². The first-order valence-electron chi connectivity index (χ1n) is 7.78. The van der Waals surface area contributed by atoms with Gasteiger partial charge in [-0.25, -0.2) is 4.79 Å². The summed E-state index contributed by atoms with van der Waals surface area (Å²) < 4.78 is 11.0. The molecular weight excluding hydrogens is 316 g/mol. The van der Waals surface area contributed by atoms with Crippen molar-refractivity contribution < 1.29 is 9.15 Å². The maximum atomic E-state index is 12.0. The molecule has 0 atom stereocenters. The SMILES string of the molecule is O=c1oc(Nc2ccc(Oc3ccccc3)cc2)nc2ccccc12. The van der Waals surface area contributed by atoms with Gasteiger partial charge < -0.3 is 14.5 Å². The van der Waals surface area contributed by atoms with Crippen LogP contribution in [-0.2, 0) is 0 Å². The highest BCUT2D eigenvalue weighted by atomic mass is 16.5. The van der Waals surface area contributed by atoms with Gasteiger partial charge in [-0.15, -0.1) is 0 Å². The van der Waals surface area contributed by atoms with Crippen molar-refractivity contribution in [2.24, 2.45) is 0 Å². The van der Waals surface area contributed by atoms with Gasteiger partial charge in [-0.2, -0.15) is 4.98 Å². The number of fused-ring (bicyclic) bond motifs is 1. The van der Waals surface area contributed by atoms with Crippen LogP contribution in [0.25, 0.3) is 10.9 Å². The second-order valence-electron chi connectivity index (χ2n) is 5.39. The number of para-hydroxylation sites is 2. The van der Waals surface area contributed by atoms with E-state index in [0.29, 0.717) is 16.7 Å². The molecule has 0 spiro atoms. The molecule has 0 unspecified atom stereocenters. The molecule has 0 radical (unpaired) electrons. The summed E-state index contributed by atoms with van der Waals surface area (Å²) in [5, 5.41) is 3.45. The van der Waals surface area contributed by atoms with Gasteiger partial charge in [-0.3, -0.25) is 0 Å². The van der Waals surface area contributed by atoms with E-state index < -0.39 is 5.63 Å². The number of rotatable bonds is 4. The Morgan fingerprint density at radius 2 is 1.48 bits per heavy atom. The molecule has 0 fully saturated rings. The van der Waals surface area contributed by atoms with Crippen LogP contribution in [0.2, 0.25) is 0 Å². The Bertz CT molecular complexity index is 1060. The van der Waals surface area contributed by atoms with Gasteiger partial charge in [0.05, 0.1) is 10.9 Å². The average molecular weight is 330 g/mol. The van der Waals surface area contributed by atoms with Crippen LogP contribution in [0.4, 0.5) is 11.7 Å². The van der Waals surface area contributed by atoms with E-state index in [4.69, 9.17) is 9.15 Å². The topological polar surface area (TPSA) is 64.4 Å². The highest BCUT2D eigenvalue weighted by Gasteiger charge is 2.06. The van der Waals surface area contributed by atoms with Gasteiger partial charge in [-0.05, 0) is 48.5 Å². The van der Waals surface area contributed by atoms with Crippen LogP contribution < -0.4 is 15.7 Å². The van der Waals surface area contributed by atoms with E-state index in [1.165, 1.54) is 0 Å². The fraction of sp³-hybridized carbons (Fsp3) is 0. The Morgan fingerprint density at radius 3 is 2.28 bits per heavy atom. The van der Waals surface area contributed by atoms with Crippen molar-refractivity contribution in [1.29, 1.82) is 0 Å². The molecule has 0 bridgehead atoms. The molecule has 3 aromatic carbocycles. The van der Waals surface area contributed by atoms with Gasteiger partial charge in [0.2, 0.25) is 0 Å². The molecule has 0 saturated carbocycles. The normalized spacial score (nSPS) is 10.6. The highest BCUT2D eigenvalue weighted by Crippen LogP contribution is 2.24. The van der Waals surface area contributed by atoms with Crippen LogP contribution in [-0.4, -0.2) is 4.98 Å². The molecule has 1 N–H and O–H groups in total. The second-order valence-corrected chi connectivity index (χ2v) is 5.39. The molecule has 5 nitrogen and oxygen atoms in total. The molecule has 1 aromatic heterocycles. The Labute approximate surface area is 143 Å². The number of hydrogen-bond donors (Lipinski definition) is 1. The van der Waals surface area contributed by atoms with Crippen LogP contribution in [0, 0.1) is 0 Å². The predicted octanol–water partition coefficient (Wildman–Crippen LogP) is 4.72. The van der Waals surface area contributed by atoms with Gasteiger partial charge >= 0.3 is 11.6 Å². The van der Waals surface area contributed by atoms with Crippen molar-refractivity contribution in [3.63, 3.8) is 0 Å². The Morgan fingerprint density at radius 1 is 0.800 bits per heavy atom. The van der Waals surface area contributed by atoms with Gasteiger partial charge in [0.15, 0.2) is 0 Å². The minimum absolute atomic E-state index is 0.153. The third-order valence-corrected chi connectivity index (χ3v) is 3.62. The van der Waals surface area contributed by atoms with Crippen LogP contribution in [0.1, 0.15) is 0 Å². The Balaban J connectivity index is 1.54. The summed E-state index contributed by atoms with van der Waals surface area (Å²) in [7, 11) is 0. The minimum Gasteiger partial charge on any atom is -0.457 e. The van der Waals surface area contributed by atoms with E-state index in [1.807, 2.05) is 60.7 Å². The zero-order chi connectivity index (χ0) is 17.1. The maximum Gasteiger partial charge on any atom is 0.348 e. The van der Waals surface area contributed by atoms with Crippen molar-refractivity contribution in [2.45, 2.75) is 0 Å². The first-order valence-corrected chi connectivity index (χ1v) is 7.78. The smallest absolute Gasteiger partial charge is 0.348 e. The zero-order valence-electron chi connectivity index (χ0n) is 13.2. The maximum absolute atomic E-state index is 12.0. The summed E-state index contributed by atoms with van der Waals surface area (Å²) >= 11 is 0. The van der Waals surface area contributed by atoms with Crippen molar-refractivity contribution in [3.8, 4) is 11.5 Å². The molecule has 0 aliphatic heterocycles. The van der Waals surface area contributed by atoms with Crippen LogP contribution in [0.15, 0.2) is 88.1 Å². The number of anilines is 2. The third-order valence-electron chi connectivity index (χ3n) is 3.62. The molecule has 4 aromatic rings. The fourth-order valence-electron chi connectivity index (χ4n) is 2.43. The van der Waals surface area contributed by atoms with E-state index in [2.05, 4.69) is 10.3 Å². The molecule has 25 heavy (non-hydrogen) atoms. The standard InChI is InChI=1S/C20H14N2O3/c23-19-17-8-4-5-9-18(17)22-20(25-19)21-14-10-12-16(13-11-14)24-15-6-2-1-3-7-15/h1-13H,(H,21,22). The van der Waals surface area contributed by atoms with Gasteiger partial charge in [-0.1, -0.05) is 30.3 Å². The zero-order valence-corrected chi connectivity index (χ0v) is 13.2. The number of aromatic nitrogens is 1. The first kappa shape index (κ1) is 15.0. The van der Waals surface area contributed by atoms with Crippen LogP contribution >= 0.6 is 0 Å². The fourth-order valence-corrected chi connectivity index (χ4v) is 2.43. The minimum atomic E-state index is -0.419. The summed E-state index contributed by atoms with van der Waals surface area (Å²) in [6, 6.07) is 24.1. The monoisotopic (exact) mass is 330 g/mol. The lowest BCUT2D eigenvalue weighted by Crippen LogP contribution is -2.04. The molecule has 0 aliphatic rings. The molecule has 0 aliphatic carbocycles. The quantitative estimate of drug-likeness (QED) is 0.586.